The van der Waals surface area contributed by atoms with Crippen LogP contribution < -0.4 is 4.74 Å². The number of piperazine rings is 1. The Hall–Kier alpha value is -1.31. The minimum Gasteiger partial charge on any atom is -0.484 e. The standard InChI is InChI=1S/C18H27ClN2O4S/c1-4-5-10-26(23,24)21-8-6-20(7-9-21)17(22)13-25-16-11-14(2)18(19)15(3)12-16/h11-12H,4-10,13H2,1-3H3. The molecule has 0 aliphatic carbocycles. The van der Waals surface area contributed by atoms with E-state index in [0.29, 0.717) is 43.4 Å². The van der Waals surface area contributed by atoms with E-state index in [9.17, 15) is 13.2 Å². The lowest BCUT2D eigenvalue weighted by atomic mass is 10.1. The maximum Gasteiger partial charge on any atom is 0.260 e. The highest BCUT2D eigenvalue weighted by Gasteiger charge is 2.28. The number of halogens is 1. The number of amides is 1. The summed E-state index contributed by atoms with van der Waals surface area (Å²) in [6, 6.07) is 3.61. The van der Waals surface area contributed by atoms with Gasteiger partial charge in [-0.2, -0.15) is 4.31 Å². The molecule has 0 spiro atoms. The van der Waals surface area contributed by atoms with Crippen molar-refractivity contribution in [1.29, 1.82) is 0 Å². The number of carbonyl (C=O) groups excluding carboxylic acids is 1. The van der Waals surface area contributed by atoms with Crippen molar-refractivity contribution in [2.24, 2.45) is 0 Å². The number of ether oxygens (including phenoxy) is 1. The molecule has 1 fully saturated rings. The summed E-state index contributed by atoms with van der Waals surface area (Å²) >= 11 is 6.13. The van der Waals surface area contributed by atoms with E-state index in [1.807, 2.05) is 20.8 Å². The zero-order valence-electron chi connectivity index (χ0n) is 15.6. The van der Waals surface area contributed by atoms with Gasteiger partial charge in [-0.15, -0.1) is 0 Å². The van der Waals surface area contributed by atoms with Gasteiger partial charge in [-0.05, 0) is 43.5 Å². The van der Waals surface area contributed by atoms with Crippen LogP contribution in [0.5, 0.6) is 5.75 Å². The van der Waals surface area contributed by atoms with E-state index in [4.69, 9.17) is 16.3 Å². The third kappa shape index (κ3) is 5.34. The number of sulfonamides is 1. The van der Waals surface area contributed by atoms with Crippen LogP contribution in [0.15, 0.2) is 12.1 Å². The molecule has 1 aromatic rings. The second-order valence-electron chi connectivity index (χ2n) is 6.61. The molecule has 0 unspecified atom stereocenters. The molecule has 2 rings (SSSR count). The number of hydrogen-bond acceptors (Lipinski definition) is 4. The highest BCUT2D eigenvalue weighted by Crippen LogP contribution is 2.25. The molecule has 1 saturated heterocycles. The highest BCUT2D eigenvalue weighted by atomic mass is 35.5. The Bertz CT molecular complexity index is 721. The van der Waals surface area contributed by atoms with Crippen LogP contribution in [0.2, 0.25) is 5.02 Å². The number of nitrogens with zero attached hydrogens (tertiary/aromatic N) is 2. The molecular weight excluding hydrogens is 376 g/mol. The smallest absolute Gasteiger partial charge is 0.260 e. The van der Waals surface area contributed by atoms with Gasteiger partial charge < -0.3 is 9.64 Å². The van der Waals surface area contributed by atoms with E-state index < -0.39 is 10.0 Å². The first-order valence-corrected chi connectivity index (χ1v) is 10.9. The van der Waals surface area contributed by atoms with Crippen molar-refractivity contribution in [1.82, 2.24) is 9.21 Å². The Labute approximate surface area is 161 Å². The Balaban J connectivity index is 1.85. The zero-order valence-corrected chi connectivity index (χ0v) is 17.2. The fraction of sp³-hybridized carbons (Fsp3) is 0.611. The average Bonchev–Trinajstić information content (AvgIpc) is 2.62. The minimum absolute atomic E-state index is 0.0664. The summed E-state index contributed by atoms with van der Waals surface area (Å²) < 4.78 is 31.5. The predicted molar refractivity (Wildman–Crippen MR) is 103 cm³/mol. The SMILES string of the molecule is CCCCS(=O)(=O)N1CCN(C(=O)COc2cc(C)c(Cl)c(C)c2)CC1. The molecule has 0 N–H and O–H groups in total. The van der Waals surface area contributed by atoms with Crippen molar-refractivity contribution in [2.75, 3.05) is 38.5 Å². The normalized spacial score (nSPS) is 15.9. The van der Waals surface area contributed by atoms with Gasteiger partial charge in [0.05, 0.1) is 5.75 Å². The van der Waals surface area contributed by atoms with Crippen LogP contribution in [0.3, 0.4) is 0 Å². The van der Waals surface area contributed by atoms with Gasteiger partial charge in [-0.25, -0.2) is 8.42 Å². The molecule has 0 radical (unpaired) electrons. The van der Waals surface area contributed by atoms with Gasteiger partial charge in [0.15, 0.2) is 6.61 Å². The van der Waals surface area contributed by atoms with E-state index in [1.165, 1.54) is 4.31 Å². The maximum atomic E-state index is 12.3. The number of hydrogen-bond donors (Lipinski definition) is 0. The first-order chi connectivity index (χ1) is 12.2. The third-order valence-corrected chi connectivity index (χ3v) is 7.07. The van der Waals surface area contributed by atoms with Crippen LogP contribution in [-0.4, -0.2) is 62.1 Å². The predicted octanol–water partition coefficient (Wildman–Crippen LogP) is 2.61. The van der Waals surface area contributed by atoms with Crippen LogP contribution in [0.25, 0.3) is 0 Å². The Morgan fingerprint density at radius 1 is 1.15 bits per heavy atom. The number of carbonyl (C=O) groups is 1. The zero-order chi connectivity index (χ0) is 19.3. The molecule has 8 heteroatoms. The lowest BCUT2D eigenvalue weighted by Crippen LogP contribution is -2.52. The molecule has 0 bridgehead atoms. The summed E-state index contributed by atoms with van der Waals surface area (Å²) in [4.78, 5) is 14.0. The Morgan fingerprint density at radius 3 is 2.27 bits per heavy atom. The second kappa shape index (κ2) is 9.06. The molecule has 1 aliphatic heterocycles. The lowest BCUT2D eigenvalue weighted by Gasteiger charge is -2.34. The van der Waals surface area contributed by atoms with Gasteiger partial charge in [0.1, 0.15) is 5.75 Å². The quantitative estimate of drug-likeness (QED) is 0.703. The van der Waals surface area contributed by atoms with Crippen molar-refractivity contribution in [3.8, 4) is 5.75 Å². The van der Waals surface area contributed by atoms with Crippen molar-refractivity contribution in [3.05, 3.63) is 28.3 Å². The largest absolute Gasteiger partial charge is 0.484 e. The minimum atomic E-state index is -3.21. The van der Waals surface area contributed by atoms with Gasteiger partial charge >= 0.3 is 0 Å². The summed E-state index contributed by atoms with van der Waals surface area (Å²) in [5.74, 6) is 0.648. The number of benzene rings is 1. The van der Waals surface area contributed by atoms with E-state index in [0.717, 1.165) is 17.5 Å². The molecule has 6 nitrogen and oxygen atoms in total. The maximum absolute atomic E-state index is 12.3. The molecule has 0 saturated carbocycles. The molecule has 26 heavy (non-hydrogen) atoms. The van der Waals surface area contributed by atoms with Gasteiger partial charge in [-0.1, -0.05) is 24.9 Å². The summed E-state index contributed by atoms with van der Waals surface area (Å²) in [5.41, 5.74) is 1.81. The molecule has 146 valence electrons. The van der Waals surface area contributed by atoms with Crippen LogP contribution >= 0.6 is 11.6 Å². The monoisotopic (exact) mass is 402 g/mol. The van der Waals surface area contributed by atoms with Crippen LogP contribution in [0.4, 0.5) is 0 Å². The molecule has 0 aromatic heterocycles. The summed E-state index contributed by atoms with van der Waals surface area (Å²) in [7, 11) is -3.21. The number of aryl methyl sites for hydroxylation is 2. The van der Waals surface area contributed by atoms with Gasteiger partial charge in [0, 0.05) is 31.2 Å². The van der Waals surface area contributed by atoms with Crippen molar-refractivity contribution in [2.45, 2.75) is 33.6 Å². The molecule has 1 aromatic carbocycles. The van der Waals surface area contributed by atoms with Crippen molar-refractivity contribution < 1.29 is 17.9 Å². The first-order valence-electron chi connectivity index (χ1n) is 8.89. The fourth-order valence-electron chi connectivity index (χ4n) is 2.90. The third-order valence-electron chi connectivity index (χ3n) is 4.51. The van der Waals surface area contributed by atoms with Gasteiger partial charge in [-0.3, -0.25) is 4.79 Å². The topological polar surface area (TPSA) is 66.9 Å². The lowest BCUT2D eigenvalue weighted by molar-refractivity contribution is -0.134. The summed E-state index contributed by atoms with van der Waals surface area (Å²) in [6.45, 7) is 7.16. The van der Waals surface area contributed by atoms with E-state index in [1.54, 1.807) is 17.0 Å². The fourth-order valence-corrected chi connectivity index (χ4v) is 4.64. The van der Waals surface area contributed by atoms with Crippen molar-refractivity contribution >= 4 is 27.5 Å². The van der Waals surface area contributed by atoms with Gasteiger partial charge in [0.25, 0.3) is 5.91 Å². The number of unbranched alkanes of at least 4 members (excludes halogenated alkanes) is 1. The molecular formula is C18H27ClN2O4S. The molecule has 1 heterocycles. The highest BCUT2D eigenvalue weighted by molar-refractivity contribution is 7.89. The number of rotatable bonds is 7. The second-order valence-corrected chi connectivity index (χ2v) is 9.08. The Morgan fingerprint density at radius 2 is 1.73 bits per heavy atom. The summed E-state index contributed by atoms with van der Waals surface area (Å²) in [6.07, 6.45) is 1.51. The molecule has 1 aliphatic rings. The Kier molecular flexibility index (Phi) is 7.32. The van der Waals surface area contributed by atoms with Crippen LogP contribution in [-0.2, 0) is 14.8 Å². The van der Waals surface area contributed by atoms with E-state index in [-0.39, 0.29) is 18.3 Å². The molecule has 1 amide bonds. The summed E-state index contributed by atoms with van der Waals surface area (Å²) in [5, 5.41) is 0.698. The van der Waals surface area contributed by atoms with Crippen molar-refractivity contribution in [3.63, 3.8) is 0 Å². The van der Waals surface area contributed by atoms with E-state index in [2.05, 4.69) is 0 Å². The van der Waals surface area contributed by atoms with Crippen LogP contribution in [0, 0.1) is 13.8 Å². The van der Waals surface area contributed by atoms with E-state index >= 15 is 0 Å². The van der Waals surface area contributed by atoms with Crippen LogP contribution in [0.1, 0.15) is 30.9 Å². The average molecular weight is 403 g/mol. The van der Waals surface area contributed by atoms with Gasteiger partial charge in [0.2, 0.25) is 10.0 Å². The first kappa shape index (κ1) is 21.0. The molecule has 0 atom stereocenters.